The molecule has 0 aromatic heterocycles. The highest BCUT2D eigenvalue weighted by Crippen LogP contribution is 2.26. The first-order valence-corrected chi connectivity index (χ1v) is 7.32. The summed E-state index contributed by atoms with van der Waals surface area (Å²) in [5, 5.41) is 13.4. The molecule has 0 bridgehead atoms. The lowest BCUT2D eigenvalue weighted by Gasteiger charge is -2.35. The van der Waals surface area contributed by atoms with Gasteiger partial charge in [0.1, 0.15) is 0 Å². The molecule has 0 heterocycles. The van der Waals surface area contributed by atoms with Crippen molar-refractivity contribution in [3.8, 4) is 0 Å². The average Bonchev–Trinajstić information content (AvgIpc) is 2.35. The van der Waals surface area contributed by atoms with Gasteiger partial charge in [0.15, 0.2) is 0 Å². The van der Waals surface area contributed by atoms with Crippen molar-refractivity contribution in [3.05, 3.63) is 35.9 Å². The lowest BCUT2D eigenvalue weighted by atomic mass is 9.92. The number of nitrogens with one attached hydrogen (secondary N) is 1. The van der Waals surface area contributed by atoms with E-state index in [1.165, 1.54) is 0 Å². The topological polar surface area (TPSA) is 32.3 Å². The molecular formula is C14H23NOS. The lowest BCUT2D eigenvalue weighted by Crippen LogP contribution is -2.51. The van der Waals surface area contributed by atoms with Crippen LogP contribution in [0.4, 0.5) is 0 Å². The highest BCUT2D eigenvalue weighted by atomic mass is 32.2. The van der Waals surface area contributed by atoms with Crippen LogP contribution in [0.2, 0.25) is 0 Å². The van der Waals surface area contributed by atoms with Crippen molar-refractivity contribution in [3.63, 3.8) is 0 Å². The van der Waals surface area contributed by atoms with Gasteiger partial charge >= 0.3 is 0 Å². The fraction of sp³-hybridized carbons (Fsp3) is 0.571. The van der Waals surface area contributed by atoms with Crippen molar-refractivity contribution < 1.29 is 5.11 Å². The highest BCUT2D eigenvalue weighted by Gasteiger charge is 2.31. The molecule has 96 valence electrons. The van der Waals surface area contributed by atoms with Gasteiger partial charge in [0.25, 0.3) is 0 Å². The van der Waals surface area contributed by atoms with Gasteiger partial charge < -0.3 is 10.4 Å². The van der Waals surface area contributed by atoms with Gasteiger partial charge in [0.05, 0.1) is 12.1 Å². The molecule has 0 saturated carbocycles. The molecule has 1 rings (SSSR count). The predicted molar refractivity (Wildman–Crippen MR) is 76.5 cm³/mol. The second kappa shape index (κ2) is 7.04. The van der Waals surface area contributed by atoms with E-state index in [4.69, 9.17) is 0 Å². The number of aliphatic hydroxyl groups excluding tert-OH is 1. The number of rotatable bonds is 7. The fourth-order valence-electron chi connectivity index (χ4n) is 1.98. The van der Waals surface area contributed by atoms with Gasteiger partial charge in [-0.15, -0.1) is 0 Å². The number of aliphatic hydroxyl groups is 1. The molecule has 2 nitrogen and oxygen atoms in total. The van der Waals surface area contributed by atoms with Crippen molar-refractivity contribution >= 4 is 11.8 Å². The molecule has 17 heavy (non-hydrogen) atoms. The van der Waals surface area contributed by atoms with Gasteiger partial charge in [0, 0.05) is 11.8 Å². The smallest absolute Gasteiger partial charge is 0.0762 e. The van der Waals surface area contributed by atoms with Gasteiger partial charge in [-0.1, -0.05) is 37.3 Å². The van der Waals surface area contributed by atoms with Gasteiger partial charge in [-0.25, -0.2) is 0 Å². The Morgan fingerprint density at radius 3 is 2.41 bits per heavy atom. The summed E-state index contributed by atoms with van der Waals surface area (Å²) < 4.78 is 0. The Hall–Kier alpha value is -0.510. The summed E-state index contributed by atoms with van der Waals surface area (Å²) in [5.74, 6) is 1.95. The van der Waals surface area contributed by atoms with Crippen LogP contribution in [0.15, 0.2) is 30.3 Å². The van der Waals surface area contributed by atoms with Gasteiger partial charge in [-0.2, -0.15) is 11.8 Å². The zero-order chi connectivity index (χ0) is 12.7. The Bertz CT molecular complexity index is 315. The van der Waals surface area contributed by atoms with Crippen molar-refractivity contribution in [2.45, 2.75) is 32.4 Å². The summed E-state index contributed by atoms with van der Waals surface area (Å²) in [6.07, 6.45) is 0. The van der Waals surface area contributed by atoms with Gasteiger partial charge in [-0.05, 0) is 25.2 Å². The maximum absolute atomic E-state index is 9.83. The number of thioether (sulfide) groups is 1. The van der Waals surface area contributed by atoms with E-state index in [0.29, 0.717) is 6.04 Å². The Labute approximate surface area is 109 Å². The molecule has 0 aliphatic heterocycles. The molecule has 0 aliphatic rings. The normalized spacial score (nSPS) is 14.9. The van der Waals surface area contributed by atoms with Crippen molar-refractivity contribution in [2.24, 2.45) is 0 Å². The molecule has 0 aliphatic carbocycles. The van der Waals surface area contributed by atoms with Crippen molar-refractivity contribution in [1.29, 1.82) is 0 Å². The molecule has 0 fully saturated rings. The Balaban J connectivity index is 2.97. The molecule has 0 spiro atoms. The molecule has 0 radical (unpaired) electrons. The second-order valence-electron chi connectivity index (χ2n) is 4.54. The molecule has 1 aromatic rings. The van der Waals surface area contributed by atoms with E-state index >= 15 is 0 Å². The van der Waals surface area contributed by atoms with E-state index in [0.717, 1.165) is 17.1 Å². The van der Waals surface area contributed by atoms with E-state index in [-0.39, 0.29) is 12.1 Å². The Morgan fingerprint density at radius 1 is 1.29 bits per heavy atom. The number of hydrogen-bond donors (Lipinski definition) is 2. The molecule has 0 saturated heterocycles. The third-order valence-corrected chi connectivity index (χ3v) is 3.82. The van der Waals surface area contributed by atoms with Gasteiger partial charge in [0.2, 0.25) is 0 Å². The SMILES string of the molecule is CCSCC(CO)(NC(C)C)c1ccccc1. The first-order valence-electron chi connectivity index (χ1n) is 6.16. The van der Waals surface area contributed by atoms with Crippen molar-refractivity contribution in [1.82, 2.24) is 5.32 Å². The van der Waals surface area contributed by atoms with Crippen LogP contribution in [0.5, 0.6) is 0 Å². The Morgan fingerprint density at radius 2 is 1.94 bits per heavy atom. The summed E-state index contributed by atoms with van der Waals surface area (Å²) in [6.45, 7) is 6.50. The zero-order valence-electron chi connectivity index (χ0n) is 10.9. The van der Waals surface area contributed by atoms with E-state index < -0.39 is 0 Å². The molecule has 1 atom stereocenters. The molecule has 3 heteroatoms. The van der Waals surface area contributed by atoms with Gasteiger partial charge in [-0.3, -0.25) is 0 Å². The van der Waals surface area contributed by atoms with Crippen LogP contribution < -0.4 is 5.32 Å². The van der Waals surface area contributed by atoms with Crippen molar-refractivity contribution in [2.75, 3.05) is 18.1 Å². The van der Waals surface area contributed by atoms with Crippen LogP contribution in [0.25, 0.3) is 0 Å². The monoisotopic (exact) mass is 253 g/mol. The number of hydrogen-bond acceptors (Lipinski definition) is 3. The third-order valence-electron chi connectivity index (χ3n) is 2.71. The van der Waals surface area contributed by atoms with Crippen LogP contribution in [0.1, 0.15) is 26.3 Å². The Kier molecular flexibility index (Phi) is 6.03. The summed E-state index contributed by atoms with van der Waals surface area (Å²) >= 11 is 1.85. The number of benzene rings is 1. The third kappa shape index (κ3) is 4.02. The first-order chi connectivity index (χ1) is 8.14. The fourth-order valence-corrected chi connectivity index (χ4v) is 2.87. The molecule has 1 aromatic carbocycles. The van der Waals surface area contributed by atoms with Crippen LogP contribution in [-0.2, 0) is 5.54 Å². The second-order valence-corrected chi connectivity index (χ2v) is 5.82. The molecule has 1 unspecified atom stereocenters. The summed E-state index contributed by atoms with van der Waals surface area (Å²) in [7, 11) is 0. The summed E-state index contributed by atoms with van der Waals surface area (Å²) in [4.78, 5) is 0. The molecule has 2 N–H and O–H groups in total. The molecular weight excluding hydrogens is 230 g/mol. The van der Waals surface area contributed by atoms with Crippen LogP contribution in [0.3, 0.4) is 0 Å². The van der Waals surface area contributed by atoms with Crippen LogP contribution >= 0.6 is 11.8 Å². The van der Waals surface area contributed by atoms with E-state index in [9.17, 15) is 5.11 Å². The highest BCUT2D eigenvalue weighted by molar-refractivity contribution is 7.99. The first kappa shape index (κ1) is 14.6. The van der Waals surface area contributed by atoms with E-state index in [1.807, 2.05) is 30.0 Å². The summed E-state index contributed by atoms with van der Waals surface area (Å²) in [5.41, 5.74) is 0.841. The largest absolute Gasteiger partial charge is 0.394 e. The minimum Gasteiger partial charge on any atom is -0.394 e. The zero-order valence-corrected chi connectivity index (χ0v) is 11.8. The minimum absolute atomic E-state index is 0.127. The lowest BCUT2D eigenvalue weighted by molar-refractivity contribution is 0.170. The summed E-state index contributed by atoms with van der Waals surface area (Å²) in [6, 6.07) is 10.6. The van der Waals surface area contributed by atoms with E-state index in [2.05, 4.69) is 38.2 Å². The molecule has 0 amide bonds. The van der Waals surface area contributed by atoms with E-state index in [1.54, 1.807) is 0 Å². The predicted octanol–water partition coefficient (Wildman–Crippen LogP) is 2.63. The minimum atomic E-state index is -0.323. The maximum atomic E-state index is 9.83. The maximum Gasteiger partial charge on any atom is 0.0762 e. The standard InChI is InChI=1S/C14H23NOS/c1-4-17-11-14(10-16,15-12(2)3)13-8-6-5-7-9-13/h5-9,12,15-16H,4,10-11H2,1-3H3. The average molecular weight is 253 g/mol. The van der Waals surface area contributed by atoms with Crippen LogP contribution in [-0.4, -0.2) is 29.3 Å². The van der Waals surface area contributed by atoms with Crippen LogP contribution in [0, 0.1) is 0 Å². The quantitative estimate of drug-likeness (QED) is 0.783.